The van der Waals surface area contributed by atoms with Crippen LogP contribution in [0.2, 0.25) is 0 Å². The van der Waals surface area contributed by atoms with Crippen molar-refractivity contribution >= 4 is 23.9 Å². The molecule has 0 aromatic rings. The van der Waals surface area contributed by atoms with E-state index in [0.29, 0.717) is 25.7 Å². The van der Waals surface area contributed by atoms with E-state index in [2.05, 4.69) is 112 Å². The number of hydrogen-bond acceptors (Lipinski definition) is 11. The SMILES string of the molecule is CC/C=C\C/C=C\C/C=C\C/C=C\C/C=C\CCCC(=O)OCC(COC1OC(C(=O)O)C(O)C(O)C1OC(=O)CCCCCCCC/C=C\C/C=C\C/C=C\CCCCC)OC(=O)CCCCCCCCCCCCC. The highest BCUT2D eigenvalue weighted by Crippen LogP contribution is 2.26. The van der Waals surface area contributed by atoms with Gasteiger partial charge in [-0.25, -0.2) is 4.79 Å². The molecule has 0 bridgehead atoms. The van der Waals surface area contributed by atoms with Crippen LogP contribution >= 0.6 is 0 Å². The molecule has 0 aliphatic carbocycles. The molecule has 1 aliphatic rings. The van der Waals surface area contributed by atoms with Gasteiger partial charge in [0.15, 0.2) is 24.6 Å². The number of aliphatic hydroxyl groups is 2. The van der Waals surface area contributed by atoms with E-state index >= 15 is 0 Å². The standard InChI is InChI=1S/C65H106O12/c1-4-7-10-13-16-19-22-24-26-28-29-31-33-35-38-41-44-47-50-53-59(68)76-63-61(70)60(69)62(64(71)72)77-65(63)74-55-56(75-58(67)52-49-46-43-40-36-21-18-15-12-9-6-3)54-73-57(66)51-48-45-42-39-37-34-32-30-27-25-23-20-17-14-11-8-5-2/h8,11,16-17,19-20,24-27,29,31-32,34,39,42,56,60-63,65,69-70H,4-7,9-10,12-15,18,21-23,28,30,33,35-38,40-41,43-55H2,1-3H3,(H,71,72)/b11-8-,19-16-,20-17-,26-24-,27-25-,31-29-,34-32-,42-39-. The molecule has 6 unspecified atom stereocenters. The predicted molar refractivity (Wildman–Crippen MR) is 312 cm³/mol. The molecule has 1 heterocycles. The lowest BCUT2D eigenvalue weighted by molar-refractivity contribution is -0.301. The summed E-state index contributed by atoms with van der Waals surface area (Å²) >= 11 is 0. The normalized spacial score (nSPS) is 18.7. The molecule has 1 aliphatic heterocycles. The number of ether oxygens (including phenoxy) is 5. The van der Waals surface area contributed by atoms with Crippen LogP contribution in [0.4, 0.5) is 0 Å². The largest absolute Gasteiger partial charge is 0.479 e. The number of carboxylic acids is 1. The maximum absolute atomic E-state index is 13.1. The first-order chi connectivity index (χ1) is 37.6. The Balaban J connectivity index is 2.70. The second-order valence-corrected chi connectivity index (χ2v) is 20.3. The molecule has 1 fully saturated rings. The highest BCUT2D eigenvalue weighted by atomic mass is 16.7. The quantitative estimate of drug-likeness (QED) is 0.0228. The van der Waals surface area contributed by atoms with Gasteiger partial charge < -0.3 is 39.0 Å². The lowest BCUT2D eigenvalue weighted by Crippen LogP contribution is -2.61. The number of esters is 3. The summed E-state index contributed by atoms with van der Waals surface area (Å²) in [5.41, 5.74) is 0. The lowest BCUT2D eigenvalue weighted by Gasteiger charge is -2.40. The van der Waals surface area contributed by atoms with Crippen molar-refractivity contribution in [2.75, 3.05) is 13.2 Å². The third kappa shape index (κ3) is 42.3. The van der Waals surface area contributed by atoms with E-state index in [9.17, 15) is 34.5 Å². The van der Waals surface area contributed by atoms with Crippen LogP contribution in [0.15, 0.2) is 97.2 Å². The molecule has 1 rings (SSSR count). The summed E-state index contributed by atoms with van der Waals surface area (Å²) in [5.74, 6) is -3.22. The lowest BCUT2D eigenvalue weighted by atomic mass is 9.98. The van der Waals surface area contributed by atoms with E-state index in [4.69, 9.17) is 23.7 Å². The van der Waals surface area contributed by atoms with Gasteiger partial charge in [-0.05, 0) is 96.3 Å². The molecule has 438 valence electrons. The Labute approximate surface area is 466 Å². The van der Waals surface area contributed by atoms with E-state index < -0.39 is 67.3 Å². The Kier molecular flexibility index (Phi) is 48.0. The summed E-state index contributed by atoms with van der Waals surface area (Å²) in [5, 5.41) is 31.5. The highest BCUT2D eigenvalue weighted by Gasteiger charge is 2.50. The monoisotopic (exact) mass is 1080 g/mol. The van der Waals surface area contributed by atoms with Crippen molar-refractivity contribution < 1.29 is 58.2 Å². The Morgan fingerprint density at radius 2 is 0.831 bits per heavy atom. The zero-order valence-electron chi connectivity index (χ0n) is 48.2. The number of carboxylic acid groups (broad SMARTS) is 1. The van der Waals surface area contributed by atoms with Gasteiger partial charge in [-0.1, -0.05) is 221 Å². The second kappa shape index (κ2) is 52.3. The van der Waals surface area contributed by atoms with Gasteiger partial charge >= 0.3 is 23.9 Å². The number of hydrogen-bond donors (Lipinski definition) is 3. The zero-order chi connectivity index (χ0) is 56.1. The number of carbonyl (C=O) groups excluding carboxylic acids is 3. The average molecular weight is 1080 g/mol. The molecule has 0 amide bonds. The fraction of sp³-hybridized carbons (Fsp3) is 0.692. The molecular weight excluding hydrogens is 973 g/mol. The van der Waals surface area contributed by atoms with Gasteiger partial charge in [-0.2, -0.15) is 0 Å². The fourth-order valence-corrected chi connectivity index (χ4v) is 8.53. The van der Waals surface area contributed by atoms with Crippen LogP contribution in [0.3, 0.4) is 0 Å². The Hall–Kier alpha value is -4.36. The third-order valence-corrected chi connectivity index (χ3v) is 13.1. The number of aliphatic carboxylic acids is 1. The van der Waals surface area contributed by atoms with Gasteiger partial charge in [-0.3, -0.25) is 14.4 Å². The summed E-state index contributed by atoms with van der Waals surface area (Å²) < 4.78 is 28.4. The molecule has 0 spiro atoms. The van der Waals surface area contributed by atoms with E-state index in [1.165, 1.54) is 64.2 Å². The number of rotatable bonds is 50. The van der Waals surface area contributed by atoms with Crippen molar-refractivity contribution in [2.24, 2.45) is 0 Å². The first-order valence-corrected chi connectivity index (χ1v) is 30.2. The van der Waals surface area contributed by atoms with Crippen LogP contribution in [0, 0.1) is 0 Å². The van der Waals surface area contributed by atoms with Crippen LogP contribution in [0.1, 0.15) is 239 Å². The summed E-state index contributed by atoms with van der Waals surface area (Å²) in [4.78, 5) is 51.1. The van der Waals surface area contributed by atoms with Crippen LogP contribution in [0.5, 0.6) is 0 Å². The Morgan fingerprint density at radius 1 is 0.442 bits per heavy atom. The van der Waals surface area contributed by atoms with Gasteiger partial charge in [0.1, 0.15) is 18.8 Å². The predicted octanol–water partition coefficient (Wildman–Crippen LogP) is 15.7. The van der Waals surface area contributed by atoms with Crippen LogP contribution in [-0.4, -0.2) is 89.2 Å². The van der Waals surface area contributed by atoms with E-state index in [0.717, 1.165) is 109 Å². The van der Waals surface area contributed by atoms with Crippen LogP contribution in [-0.2, 0) is 42.9 Å². The van der Waals surface area contributed by atoms with Crippen molar-refractivity contribution in [3.8, 4) is 0 Å². The van der Waals surface area contributed by atoms with Crippen LogP contribution < -0.4 is 0 Å². The first-order valence-electron chi connectivity index (χ1n) is 30.2. The zero-order valence-corrected chi connectivity index (χ0v) is 48.2. The molecule has 77 heavy (non-hydrogen) atoms. The molecule has 12 nitrogen and oxygen atoms in total. The first kappa shape index (κ1) is 70.7. The molecule has 12 heteroatoms. The maximum atomic E-state index is 13.1. The van der Waals surface area contributed by atoms with Crippen molar-refractivity contribution in [3.63, 3.8) is 0 Å². The van der Waals surface area contributed by atoms with Crippen molar-refractivity contribution in [3.05, 3.63) is 97.2 Å². The van der Waals surface area contributed by atoms with Gasteiger partial charge in [0.25, 0.3) is 0 Å². The molecular formula is C65H106O12. The number of carbonyl (C=O) groups is 4. The minimum atomic E-state index is -1.92. The molecule has 0 aromatic carbocycles. The van der Waals surface area contributed by atoms with Gasteiger partial charge in [0, 0.05) is 19.3 Å². The highest BCUT2D eigenvalue weighted by molar-refractivity contribution is 5.74. The van der Waals surface area contributed by atoms with E-state index in [1.54, 1.807) is 0 Å². The number of aliphatic hydroxyl groups excluding tert-OH is 2. The number of allylic oxidation sites excluding steroid dienone is 16. The molecule has 3 N–H and O–H groups in total. The Morgan fingerprint density at radius 3 is 1.31 bits per heavy atom. The molecule has 0 radical (unpaired) electrons. The summed E-state index contributed by atoms with van der Waals surface area (Å²) in [6.07, 6.45) is 56.6. The van der Waals surface area contributed by atoms with Crippen LogP contribution in [0.25, 0.3) is 0 Å². The molecule has 6 atom stereocenters. The maximum Gasteiger partial charge on any atom is 0.335 e. The third-order valence-electron chi connectivity index (χ3n) is 13.1. The van der Waals surface area contributed by atoms with Gasteiger partial charge in [0.2, 0.25) is 0 Å². The van der Waals surface area contributed by atoms with Crippen molar-refractivity contribution in [1.29, 1.82) is 0 Å². The van der Waals surface area contributed by atoms with Crippen molar-refractivity contribution in [2.45, 2.75) is 276 Å². The Bertz CT molecular complexity index is 1710. The fourth-order valence-electron chi connectivity index (χ4n) is 8.53. The minimum absolute atomic E-state index is 0.0373. The van der Waals surface area contributed by atoms with Gasteiger partial charge in [-0.15, -0.1) is 0 Å². The number of unbranched alkanes of at least 4 members (excludes halogenated alkanes) is 20. The summed E-state index contributed by atoms with van der Waals surface area (Å²) in [6.45, 7) is 5.79. The smallest absolute Gasteiger partial charge is 0.335 e. The summed E-state index contributed by atoms with van der Waals surface area (Å²) in [7, 11) is 0. The summed E-state index contributed by atoms with van der Waals surface area (Å²) in [6, 6.07) is 0. The topological polar surface area (TPSA) is 175 Å². The van der Waals surface area contributed by atoms with Crippen molar-refractivity contribution in [1.82, 2.24) is 0 Å². The van der Waals surface area contributed by atoms with Gasteiger partial charge in [0.05, 0.1) is 6.61 Å². The second-order valence-electron chi connectivity index (χ2n) is 20.3. The molecule has 0 aromatic heterocycles. The van der Waals surface area contributed by atoms with E-state index in [-0.39, 0.29) is 25.9 Å². The molecule has 1 saturated heterocycles. The average Bonchev–Trinajstić information content (AvgIpc) is 3.41. The van der Waals surface area contributed by atoms with E-state index in [1.807, 2.05) is 6.08 Å². The molecule has 0 saturated carbocycles. The minimum Gasteiger partial charge on any atom is -0.479 e.